The fourth-order valence-electron chi connectivity index (χ4n) is 5.65. The topological polar surface area (TPSA) is 201 Å². The largest absolute Gasteiger partial charge is 0.481 e. The van der Waals surface area contributed by atoms with Gasteiger partial charge in [0.05, 0.1) is 49.9 Å². The summed E-state index contributed by atoms with van der Waals surface area (Å²) >= 11 is 0. The lowest BCUT2D eigenvalue weighted by Gasteiger charge is -2.43. The zero-order valence-corrected chi connectivity index (χ0v) is 25.8. The number of ketones is 1. The number of benzene rings is 1. The molecule has 0 bridgehead atoms. The molecule has 1 aliphatic carbocycles. The normalized spacial score (nSPS) is 15.8. The first-order valence-corrected chi connectivity index (χ1v) is 14.8. The van der Waals surface area contributed by atoms with E-state index >= 15 is 0 Å². The van der Waals surface area contributed by atoms with Crippen LogP contribution in [0.5, 0.6) is 5.88 Å². The first-order valence-electron chi connectivity index (χ1n) is 14.8. The molecule has 1 spiro atoms. The van der Waals surface area contributed by atoms with E-state index in [9.17, 15) is 14.4 Å². The Morgan fingerprint density at radius 1 is 1.02 bits per heavy atom. The highest BCUT2D eigenvalue weighted by molar-refractivity contribution is 5.98. The van der Waals surface area contributed by atoms with E-state index < -0.39 is 31.3 Å². The predicted octanol–water partition coefficient (Wildman–Crippen LogP) is 1.95. The lowest BCUT2D eigenvalue weighted by Crippen LogP contribution is -2.50. The minimum Gasteiger partial charge on any atom is -0.481 e. The zero-order chi connectivity index (χ0) is 32.9. The van der Waals surface area contributed by atoms with E-state index in [1.807, 2.05) is 29.6 Å². The Kier molecular flexibility index (Phi) is 10.4. The number of methoxy groups -OCH3 is 1. The van der Waals surface area contributed by atoms with E-state index in [2.05, 4.69) is 10.1 Å². The van der Waals surface area contributed by atoms with Crippen LogP contribution in [0.2, 0.25) is 0 Å². The van der Waals surface area contributed by atoms with Gasteiger partial charge < -0.3 is 35.8 Å². The van der Waals surface area contributed by atoms with Crippen molar-refractivity contribution in [1.82, 2.24) is 19.7 Å². The van der Waals surface area contributed by atoms with E-state index in [1.165, 1.54) is 19.2 Å². The number of rotatable bonds is 8. The number of aliphatic hydroxyl groups excluding tert-OH is 3. The van der Waals surface area contributed by atoms with Crippen molar-refractivity contribution in [3.05, 3.63) is 65.0 Å². The maximum Gasteiger partial charge on any atom is 0.335 e. The number of hydrogen-bond acceptors (Lipinski definition) is 10. The van der Waals surface area contributed by atoms with Gasteiger partial charge in [-0.2, -0.15) is 5.10 Å². The second-order valence-electron chi connectivity index (χ2n) is 12.1. The first kappa shape index (κ1) is 33.7. The Balaban J connectivity index is 0.000000510. The molecule has 13 heteroatoms. The number of carbonyl (C=O) groups is 3. The lowest BCUT2D eigenvalue weighted by molar-refractivity contribution is 0.0516. The molecule has 1 aromatic carbocycles. The number of pyridine rings is 1. The fourth-order valence-corrected chi connectivity index (χ4v) is 5.65. The second-order valence-corrected chi connectivity index (χ2v) is 12.1. The maximum atomic E-state index is 13.5. The zero-order valence-electron chi connectivity index (χ0n) is 25.8. The smallest absolute Gasteiger partial charge is 0.335 e. The van der Waals surface area contributed by atoms with Crippen LogP contribution in [0.25, 0.3) is 11.3 Å². The SMILES string of the molecule is COc1cc(C(=O)N2CCC3(CC2)CC(=O)c2c(cnn2C(C)C)C3)cc(-c2ccc(C(=O)O)cc2)n1.NC(CO)(CO)CO. The van der Waals surface area contributed by atoms with E-state index in [0.717, 1.165) is 30.5 Å². The van der Waals surface area contributed by atoms with Crippen molar-refractivity contribution in [1.29, 1.82) is 0 Å². The third-order valence-electron chi connectivity index (χ3n) is 8.47. The molecule has 3 heterocycles. The molecule has 6 N–H and O–H groups in total. The highest BCUT2D eigenvalue weighted by Gasteiger charge is 2.43. The van der Waals surface area contributed by atoms with Gasteiger partial charge in [0.15, 0.2) is 5.78 Å². The third-order valence-corrected chi connectivity index (χ3v) is 8.47. The van der Waals surface area contributed by atoms with Gasteiger partial charge in [-0.25, -0.2) is 9.78 Å². The number of hydrogen-bond donors (Lipinski definition) is 5. The molecule has 1 fully saturated rings. The number of amides is 1. The Morgan fingerprint density at radius 2 is 1.64 bits per heavy atom. The average Bonchev–Trinajstić information content (AvgIpc) is 3.49. The number of carboxylic acids is 1. The van der Waals surface area contributed by atoms with Crippen LogP contribution < -0.4 is 10.5 Å². The summed E-state index contributed by atoms with van der Waals surface area (Å²) in [4.78, 5) is 44.0. The average molecular weight is 624 g/mol. The van der Waals surface area contributed by atoms with Gasteiger partial charge >= 0.3 is 5.97 Å². The van der Waals surface area contributed by atoms with Crippen molar-refractivity contribution in [3.63, 3.8) is 0 Å². The number of nitrogens with two attached hydrogens (primary N) is 1. The van der Waals surface area contributed by atoms with Gasteiger partial charge in [-0.05, 0) is 56.7 Å². The molecule has 1 amide bonds. The summed E-state index contributed by atoms with van der Waals surface area (Å²) in [6.45, 7) is 3.97. The van der Waals surface area contributed by atoms with Gasteiger partial charge in [0.2, 0.25) is 5.88 Å². The minimum atomic E-state index is -1.21. The number of likely N-dealkylation sites (tertiary alicyclic amines) is 1. The van der Waals surface area contributed by atoms with Crippen molar-refractivity contribution >= 4 is 17.7 Å². The molecule has 13 nitrogen and oxygen atoms in total. The van der Waals surface area contributed by atoms with Crippen LogP contribution in [0.15, 0.2) is 42.6 Å². The van der Waals surface area contributed by atoms with E-state index in [4.69, 9.17) is 30.9 Å². The molecule has 0 saturated carbocycles. The maximum absolute atomic E-state index is 13.5. The number of nitrogens with zero attached hydrogens (tertiary/aromatic N) is 4. The number of ether oxygens (including phenoxy) is 1. The number of carbonyl (C=O) groups excluding carboxylic acids is 2. The highest BCUT2D eigenvalue weighted by atomic mass is 16.5. The number of aromatic carboxylic acids is 1. The fraction of sp³-hybridized carbons (Fsp3) is 0.469. The van der Waals surface area contributed by atoms with Gasteiger partial charge in [0.25, 0.3) is 5.91 Å². The predicted molar refractivity (Wildman–Crippen MR) is 164 cm³/mol. The van der Waals surface area contributed by atoms with Gasteiger partial charge in [0, 0.05) is 48.3 Å². The molecule has 45 heavy (non-hydrogen) atoms. The summed E-state index contributed by atoms with van der Waals surface area (Å²) in [5, 5.41) is 38.6. The molecule has 3 aromatic rings. The number of aliphatic hydroxyl groups is 3. The second kappa shape index (κ2) is 13.9. The monoisotopic (exact) mass is 623 g/mol. The molecule has 2 aliphatic rings. The minimum absolute atomic E-state index is 0.116. The molecule has 2 aromatic heterocycles. The summed E-state index contributed by atoms with van der Waals surface area (Å²) in [6, 6.07) is 9.82. The Labute approximate surface area is 261 Å². The van der Waals surface area contributed by atoms with Gasteiger partial charge in [-0.1, -0.05) is 12.1 Å². The number of Topliss-reactive ketones (excluding diaryl/α,β-unsaturated/α-hetero) is 1. The summed E-state index contributed by atoms with van der Waals surface area (Å²) in [7, 11) is 1.49. The van der Waals surface area contributed by atoms with Crippen molar-refractivity contribution < 1.29 is 39.5 Å². The molecule has 0 atom stereocenters. The molecule has 242 valence electrons. The van der Waals surface area contributed by atoms with Gasteiger partial charge in [-0.15, -0.1) is 0 Å². The summed E-state index contributed by atoms with van der Waals surface area (Å²) in [5.41, 5.74) is 7.41. The summed E-state index contributed by atoms with van der Waals surface area (Å²) in [5.74, 6) is -0.670. The van der Waals surface area contributed by atoms with Gasteiger partial charge in [-0.3, -0.25) is 14.3 Å². The van der Waals surface area contributed by atoms with Gasteiger partial charge in [0.1, 0.15) is 5.69 Å². The van der Waals surface area contributed by atoms with Crippen LogP contribution in [0.1, 0.15) is 75.9 Å². The Morgan fingerprint density at radius 3 is 2.16 bits per heavy atom. The standard InChI is InChI=1S/C28H30N4O5.C4H11NO3/c1-17(2)32-25-21(16-29-32)14-28(15-23(25)33)8-10-31(11-9-28)26(34)20-12-22(30-24(13-20)37-3)18-4-6-19(7-5-18)27(35)36;5-4(1-6,2-7)3-8/h4-7,12-13,16-17H,8-11,14-15H2,1-3H3,(H,35,36);6-8H,1-3,5H2. The molecule has 0 radical (unpaired) electrons. The van der Waals surface area contributed by atoms with Crippen LogP contribution >= 0.6 is 0 Å². The first-order chi connectivity index (χ1) is 21.4. The third kappa shape index (κ3) is 7.39. The quantitative estimate of drug-likeness (QED) is 0.245. The number of aromatic nitrogens is 3. The van der Waals surface area contributed by atoms with Crippen LogP contribution in [0.3, 0.4) is 0 Å². The van der Waals surface area contributed by atoms with E-state index in [0.29, 0.717) is 42.2 Å². The number of carboxylic acid groups (broad SMARTS) is 1. The highest BCUT2D eigenvalue weighted by Crippen LogP contribution is 2.44. The molecule has 5 rings (SSSR count). The van der Waals surface area contributed by atoms with Crippen molar-refractivity contribution in [2.24, 2.45) is 11.1 Å². The molecular formula is C32H41N5O8. The van der Waals surface area contributed by atoms with Crippen LogP contribution in [0, 0.1) is 5.41 Å². The molecular weight excluding hydrogens is 582 g/mol. The number of fused-ring (bicyclic) bond motifs is 1. The van der Waals surface area contributed by atoms with Crippen LogP contribution in [0.4, 0.5) is 0 Å². The molecule has 1 aliphatic heterocycles. The van der Waals surface area contributed by atoms with Crippen molar-refractivity contribution in [2.45, 2.75) is 51.1 Å². The lowest BCUT2D eigenvalue weighted by atomic mass is 9.67. The van der Waals surface area contributed by atoms with E-state index in [1.54, 1.807) is 24.3 Å². The van der Waals surface area contributed by atoms with Crippen molar-refractivity contribution in [2.75, 3.05) is 40.0 Å². The van der Waals surface area contributed by atoms with Crippen LogP contribution in [-0.2, 0) is 6.42 Å². The summed E-state index contributed by atoms with van der Waals surface area (Å²) < 4.78 is 7.18. The Bertz CT molecular complexity index is 1510. The van der Waals surface area contributed by atoms with Crippen LogP contribution in [-0.4, -0.2) is 103 Å². The van der Waals surface area contributed by atoms with E-state index in [-0.39, 0.29) is 28.7 Å². The molecule has 0 unspecified atom stereocenters. The Hall–Kier alpha value is -4.17. The number of piperidine rings is 1. The van der Waals surface area contributed by atoms with Crippen molar-refractivity contribution in [3.8, 4) is 17.1 Å². The molecule has 1 saturated heterocycles. The summed E-state index contributed by atoms with van der Waals surface area (Å²) in [6.07, 6.45) is 4.63.